The maximum absolute atomic E-state index is 12.4. The molecule has 0 bridgehead atoms. The van der Waals surface area contributed by atoms with E-state index in [9.17, 15) is 33.6 Å². The summed E-state index contributed by atoms with van der Waals surface area (Å²) in [4.78, 5) is 124. The van der Waals surface area contributed by atoms with E-state index in [1.54, 1.807) is 86.4 Å². The minimum absolute atomic E-state index is 0.105. The van der Waals surface area contributed by atoms with Crippen molar-refractivity contribution in [2.45, 2.75) is 71.6 Å². The second-order valence-corrected chi connectivity index (χ2v) is 39.2. The van der Waals surface area contributed by atoms with E-state index >= 15 is 0 Å². The summed E-state index contributed by atoms with van der Waals surface area (Å²) in [5, 5.41) is 39.9. The van der Waals surface area contributed by atoms with Gasteiger partial charge in [-0.15, -0.1) is 90.7 Å². The molecule has 144 heavy (non-hydrogen) atoms. The van der Waals surface area contributed by atoms with Crippen LogP contribution >= 0.6 is 90.7 Å². The summed E-state index contributed by atoms with van der Waals surface area (Å²) in [5.74, 6) is 0.843. The zero-order valence-corrected chi connectivity index (χ0v) is 85.1. The normalized spacial score (nSPS) is 11.8. The molecule has 0 atom stereocenters. The quantitative estimate of drug-likeness (QED) is 0.0313. The number of pyridine rings is 2. The fourth-order valence-corrected chi connectivity index (χ4v) is 20.4. The highest BCUT2D eigenvalue weighted by Gasteiger charge is 2.26. The van der Waals surface area contributed by atoms with Gasteiger partial charge in [0.05, 0.1) is 64.5 Å². The van der Waals surface area contributed by atoms with Crippen molar-refractivity contribution in [3.05, 3.63) is 391 Å². The van der Waals surface area contributed by atoms with Crippen LogP contribution in [0.25, 0.3) is 78.8 Å². The fraction of sp³-hybridized carbons (Fsp3) is 0.135. The van der Waals surface area contributed by atoms with Gasteiger partial charge in [0.1, 0.15) is 0 Å². The van der Waals surface area contributed by atoms with Gasteiger partial charge in [-0.2, -0.15) is 0 Å². The van der Waals surface area contributed by atoms with Crippen LogP contribution in [0.2, 0.25) is 0 Å². The number of aromatic nitrogens is 9. The van der Waals surface area contributed by atoms with E-state index in [4.69, 9.17) is 9.47 Å². The molecule has 0 unspecified atom stereocenters. The molecule has 0 saturated heterocycles. The number of benzene rings is 9. The van der Waals surface area contributed by atoms with Crippen molar-refractivity contribution in [2.24, 2.45) is 11.8 Å². The second-order valence-electron chi connectivity index (χ2n) is 32.2. The Balaban J connectivity index is 0.000000127. The van der Waals surface area contributed by atoms with Gasteiger partial charge in [0.25, 0.3) is 29.5 Å². The van der Waals surface area contributed by atoms with Gasteiger partial charge in [-0.3, -0.25) is 70.1 Å². The molecule has 724 valence electrons. The second kappa shape index (κ2) is 53.2. The molecule has 9 aromatic carbocycles. The highest BCUT2D eigenvalue weighted by atomic mass is 32.1. The first kappa shape index (κ1) is 103. The molecule has 33 heteroatoms. The number of nitrogens with one attached hydrogen (secondary N) is 7. The summed E-state index contributed by atoms with van der Waals surface area (Å²) in [6, 6.07) is 90.4. The van der Waals surface area contributed by atoms with Crippen LogP contribution in [0.3, 0.4) is 0 Å². The number of methoxy groups -OCH3 is 2. The molecular weight excluding hydrogens is 1960 g/mol. The summed E-state index contributed by atoms with van der Waals surface area (Å²) in [6.07, 6.45) is 16.4. The highest BCUT2D eigenvalue weighted by Crippen LogP contribution is 2.36. The molecule has 7 amide bonds. The maximum Gasteiger partial charge on any atom is 0.267 e. The van der Waals surface area contributed by atoms with Crippen LogP contribution in [0, 0.1) is 25.7 Å². The molecule has 2 fully saturated rings. The SMILES string of the molecule is COc1ccc(C(=O)Nc2nc(-c3ccccc3)cs2)cc1OC.Cc1ccc(-c2csc(NC(=O)c3cccs3)n2)c(C)c1.O=C(Nc1nc(-c2ccccc2)cs1)C1CCCC1.O=C(Nc1nc(-c2ccccc2)cs1)C1CCCCC1.O=C(Nc1nc(-c2ccccc2)cs1)c1ccccc1.O=C(Nc1nc(-c2ccccc2)cs1)c1cccnc1.O=C(Nc1nc(-c2ccccc2)cs1)c1ccncc1. The summed E-state index contributed by atoms with van der Waals surface area (Å²) in [5.41, 5.74) is 18.2. The van der Waals surface area contributed by atoms with Crippen LogP contribution in [0.5, 0.6) is 11.5 Å². The standard InChI is InChI=1S/C18H16N2O3S.C16H14N2OS2.C16H18N2OS.C16H12N2OS.2C15H11N3OS.C15H16N2OS/c1-22-15-9-8-13(10-16(15)23-2)17(21)20-18-19-14(11-24-18)12-6-4-3-5-7-12;1-10-5-6-12(11(2)8-10)13-9-21-16(17-13)18-15(19)14-4-3-7-20-14;2*19-15(13-9-5-2-6-10-13)18-16-17-14(11-20-16)12-7-3-1-4-8-12;19-14(12-7-4-8-16-9-12)18-15-17-13(10-20-15)11-5-2-1-3-6-11;19-14(12-6-8-16-9-7-12)18-15-17-13(10-20-15)11-4-2-1-3-5-11;18-14(12-8-4-5-9-12)17-15-16-13(10-19-15)11-6-2-1-3-7-11/h3-11H,1-2H3,(H,19,20,21);3-9H,1-2H3,(H,17,18,19);1,3-4,7-8,11,13H,2,5-6,9-10H2,(H,17,18,19);1-11H,(H,17,18,19);2*1-10H,(H,17,18,19);1-3,6-7,10,12H,4-5,8-9H2,(H,16,17,18). The Labute approximate surface area is 865 Å². The van der Waals surface area contributed by atoms with E-state index in [0.29, 0.717) is 74.6 Å². The molecule has 25 nitrogen and oxygen atoms in total. The molecule has 0 aliphatic heterocycles. The lowest BCUT2D eigenvalue weighted by molar-refractivity contribution is -0.121. The van der Waals surface area contributed by atoms with Crippen molar-refractivity contribution < 1.29 is 43.0 Å². The number of anilines is 7. The Morgan fingerprint density at radius 2 is 0.604 bits per heavy atom. The van der Waals surface area contributed by atoms with E-state index < -0.39 is 0 Å². The minimum atomic E-state index is -0.245. The molecule has 2 aliphatic rings. The predicted molar refractivity (Wildman–Crippen MR) is 587 cm³/mol. The fourth-order valence-electron chi connectivity index (χ4n) is 14.8. The van der Waals surface area contributed by atoms with Gasteiger partial charge in [0.15, 0.2) is 47.4 Å². The van der Waals surface area contributed by atoms with E-state index in [1.165, 1.54) is 147 Å². The molecule has 21 rings (SSSR count). The lowest BCUT2D eigenvalue weighted by Gasteiger charge is -2.19. The minimum Gasteiger partial charge on any atom is -0.493 e. The Hall–Kier alpha value is -15.7. The lowest BCUT2D eigenvalue weighted by atomic mass is 9.89. The summed E-state index contributed by atoms with van der Waals surface area (Å²) < 4.78 is 10.4. The van der Waals surface area contributed by atoms with Crippen LogP contribution in [0.1, 0.15) is 120 Å². The van der Waals surface area contributed by atoms with Gasteiger partial charge in [-0.05, 0) is 111 Å². The van der Waals surface area contributed by atoms with Gasteiger partial charge >= 0.3 is 0 Å². The number of amides is 7. The summed E-state index contributed by atoms with van der Waals surface area (Å²) >= 11 is 11.5. The largest absolute Gasteiger partial charge is 0.493 e. The number of thiazole rings is 7. The van der Waals surface area contributed by atoms with E-state index in [1.807, 2.05) is 249 Å². The van der Waals surface area contributed by atoms with Crippen molar-refractivity contribution in [3.63, 3.8) is 0 Å². The third-order valence-corrected chi connectivity index (χ3v) is 28.3. The van der Waals surface area contributed by atoms with Crippen LogP contribution in [-0.2, 0) is 9.59 Å². The topological polar surface area (TPSA) is 338 Å². The summed E-state index contributed by atoms with van der Waals surface area (Å²) in [6.45, 7) is 4.15. The van der Waals surface area contributed by atoms with Crippen molar-refractivity contribution in [1.82, 2.24) is 44.9 Å². The number of carbonyl (C=O) groups excluding carboxylic acids is 7. The van der Waals surface area contributed by atoms with Crippen molar-refractivity contribution in [2.75, 3.05) is 51.4 Å². The number of nitrogens with zero attached hydrogens (tertiary/aromatic N) is 9. The van der Waals surface area contributed by atoms with Crippen LogP contribution < -0.4 is 46.7 Å². The Morgan fingerprint density at radius 1 is 0.278 bits per heavy atom. The molecule has 2 aliphatic carbocycles. The van der Waals surface area contributed by atoms with E-state index in [0.717, 1.165) is 104 Å². The first-order valence-corrected chi connectivity index (χ1v) is 52.9. The molecular formula is C111H98N16O9S8. The Kier molecular flexibility index (Phi) is 37.9. The Bertz CT molecular complexity index is 7010. The van der Waals surface area contributed by atoms with Crippen LogP contribution in [0.15, 0.2) is 353 Å². The number of thiophene rings is 1. The third-order valence-electron chi connectivity index (χ3n) is 22.2. The molecule has 2 saturated carbocycles. The van der Waals surface area contributed by atoms with Gasteiger partial charge in [0, 0.05) is 130 Å². The van der Waals surface area contributed by atoms with Crippen molar-refractivity contribution >= 4 is 168 Å². The van der Waals surface area contributed by atoms with Crippen LogP contribution in [-0.4, -0.2) is 100 Å². The van der Waals surface area contributed by atoms with Gasteiger partial charge < -0.3 is 20.1 Å². The van der Waals surface area contributed by atoms with Gasteiger partial charge in [0.2, 0.25) is 11.8 Å². The molecule has 0 spiro atoms. The third kappa shape index (κ3) is 30.4. The van der Waals surface area contributed by atoms with Gasteiger partial charge in [-0.1, -0.05) is 262 Å². The average Bonchev–Trinajstić information content (AvgIpc) is 1.60. The van der Waals surface area contributed by atoms with E-state index in [-0.39, 0.29) is 53.2 Å². The number of hydrogen-bond donors (Lipinski definition) is 7. The number of hydrogen-bond acceptors (Lipinski definition) is 26. The molecule has 0 radical (unpaired) electrons. The van der Waals surface area contributed by atoms with Crippen molar-refractivity contribution in [1.29, 1.82) is 0 Å². The number of ether oxygens (including phenoxy) is 2. The van der Waals surface area contributed by atoms with E-state index in [2.05, 4.69) is 114 Å². The number of carbonyl (C=O) groups is 7. The first-order valence-electron chi connectivity index (χ1n) is 45.9. The molecule has 7 N–H and O–H groups in total. The van der Waals surface area contributed by atoms with Crippen molar-refractivity contribution in [3.8, 4) is 90.3 Å². The number of rotatable bonds is 23. The number of aryl methyl sites for hydroxylation is 2. The smallest absolute Gasteiger partial charge is 0.267 e. The zero-order chi connectivity index (χ0) is 100.0. The highest BCUT2D eigenvalue weighted by molar-refractivity contribution is 7.16. The molecule has 10 aromatic heterocycles. The predicted octanol–water partition coefficient (Wildman–Crippen LogP) is 28.1. The maximum atomic E-state index is 12.4. The molecule has 19 aromatic rings. The zero-order valence-electron chi connectivity index (χ0n) is 78.5. The first-order chi connectivity index (χ1) is 70.5. The van der Waals surface area contributed by atoms with Gasteiger partial charge in [-0.25, -0.2) is 34.9 Å². The summed E-state index contributed by atoms with van der Waals surface area (Å²) in [7, 11) is 3.09. The van der Waals surface area contributed by atoms with Crippen LogP contribution in [0.4, 0.5) is 35.9 Å². The Morgan fingerprint density at radius 3 is 0.958 bits per heavy atom. The monoisotopic (exact) mass is 2050 g/mol. The lowest BCUT2D eigenvalue weighted by Crippen LogP contribution is -2.24. The average molecular weight is 2060 g/mol. The molecule has 10 heterocycles.